The second-order valence-electron chi connectivity index (χ2n) is 2.38. The third-order valence-electron chi connectivity index (χ3n) is 1.31. The summed E-state index contributed by atoms with van der Waals surface area (Å²) < 4.78 is 0. The number of hydrogen-bond acceptors (Lipinski definition) is 5. The standard InChI is InChI=1S/C8H12N4S/c1-3-4-13-8-5-7(12-9)10-6(2)11-8/h3,5H,1,4,9H2,2H3,(H,10,11,12). The van der Waals surface area contributed by atoms with E-state index < -0.39 is 0 Å². The molecule has 1 heterocycles. The summed E-state index contributed by atoms with van der Waals surface area (Å²) >= 11 is 1.60. The van der Waals surface area contributed by atoms with Crippen LogP contribution >= 0.6 is 11.8 Å². The molecule has 0 saturated carbocycles. The van der Waals surface area contributed by atoms with Gasteiger partial charge >= 0.3 is 0 Å². The Morgan fingerprint density at radius 3 is 3.08 bits per heavy atom. The monoisotopic (exact) mass is 196 g/mol. The van der Waals surface area contributed by atoms with Crippen molar-refractivity contribution in [3.63, 3.8) is 0 Å². The highest BCUT2D eigenvalue weighted by atomic mass is 32.2. The minimum atomic E-state index is 0.638. The molecule has 5 heteroatoms. The first-order valence-electron chi connectivity index (χ1n) is 3.82. The number of nitrogens with zero attached hydrogens (tertiary/aromatic N) is 2. The van der Waals surface area contributed by atoms with Crippen LogP contribution in [0.1, 0.15) is 5.82 Å². The Kier molecular flexibility index (Phi) is 3.72. The molecule has 0 atom stereocenters. The lowest BCUT2D eigenvalue weighted by molar-refractivity contribution is 0.965. The van der Waals surface area contributed by atoms with Gasteiger partial charge in [-0.3, -0.25) is 0 Å². The topological polar surface area (TPSA) is 63.8 Å². The summed E-state index contributed by atoms with van der Waals surface area (Å²) in [4.78, 5) is 8.30. The van der Waals surface area contributed by atoms with Crippen LogP contribution in [0, 0.1) is 6.92 Å². The second kappa shape index (κ2) is 4.84. The molecule has 0 aliphatic carbocycles. The Bertz CT molecular complexity index is 300. The predicted octanol–water partition coefficient (Wildman–Crippen LogP) is 1.35. The van der Waals surface area contributed by atoms with E-state index >= 15 is 0 Å². The zero-order chi connectivity index (χ0) is 9.68. The number of nitrogens with two attached hydrogens (primary N) is 1. The normalized spacial score (nSPS) is 9.69. The molecule has 0 bridgehead atoms. The van der Waals surface area contributed by atoms with Gasteiger partial charge in [0, 0.05) is 11.8 Å². The SMILES string of the molecule is C=CCSc1cc(NN)nc(C)n1. The summed E-state index contributed by atoms with van der Waals surface area (Å²) in [6.45, 7) is 5.47. The first kappa shape index (κ1) is 10.0. The molecule has 1 aromatic heterocycles. The Morgan fingerprint density at radius 1 is 1.69 bits per heavy atom. The first-order chi connectivity index (χ1) is 6.26. The smallest absolute Gasteiger partial charge is 0.144 e. The van der Waals surface area contributed by atoms with E-state index in [9.17, 15) is 0 Å². The molecule has 0 aliphatic heterocycles. The molecule has 0 aromatic carbocycles. The fourth-order valence-electron chi connectivity index (χ4n) is 0.832. The Labute approximate surface area is 81.6 Å². The molecule has 1 rings (SSSR count). The molecule has 70 valence electrons. The van der Waals surface area contributed by atoms with Crippen LogP contribution in [0.2, 0.25) is 0 Å². The van der Waals surface area contributed by atoms with Gasteiger partial charge in [0.05, 0.1) is 0 Å². The zero-order valence-corrected chi connectivity index (χ0v) is 8.27. The molecule has 0 radical (unpaired) electrons. The van der Waals surface area contributed by atoms with Crippen LogP contribution in [-0.4, -0.2) is 15.7 Å². The van der Waals surface area contributed by atoms with Gasteiger partial charge in [0.15, 0.2) is 0 Å². The van der Waals surface area contributed by atoms with Crippen LogP contribution in [-0.2, 0) is 0 Å². The predicted molar refractivity (Wildman–Crippen MR) is 55.5 cm³/mol. The summed E-state index contributed by atoms with van der Waals surface area (Å²) in [7, 11) is 0. The number of anilines is 1. The fourth-order valence-corrected chi connectivity index (χ4v) is 1.51. The minimum Gasteiger partial charge on any atom is -0.308 e. The van der Waals surface area contributed by atoms with E-state index in [0.717, 1.165) is 10.8 Å². The lowest BCUT2D eigenvalue weighted by Crippen LogP contribution is -2.09. The van der Waals surface area contributed by atoms with Gasteiger partial charge in [-0.15, -0.1) is 18.3 Å². The highest BCUT2D eigenvalue weighted by Gasteiger charge is 1.99. The molecule has 0 fully saturated rings. The van der Waals surface area contributed by atoms with Gasteiger partial charge in [0.1, 0.15) is 16.7 Å². The zero-order valence-electron chi connectivity index (χ0n) is 7.45. The molecule has 0 spiro atoms. The van der Waals surface area contributed by atoms with E-state index in [1.54, 1.807) is 17.8 Å². The van der Waals surface area contributed by atoms with Gasteiger partial charge in [0.25, 0.3) is 0 Å². The van der Waals surface area contributed by atoms with E-state index in [2.05, 4.69) is 22.0 Å². The van der Waals surface area contributed by atoms with Gasteiger partial charge in [-0.2, -0.15) is 0 Å². The number of nitrogen functional groups attached to an aromatic ring is 1. The number of rotatable bonds is 4. The van der Waals surface area contributed by atoms with Crippen LogP contribution in [0.15, 0.2) is 23.7 Å². The lowest BCUT2D eigenvalue weighted by atomic mass is 10.5. The van der Waals surface area contributed by atoms with E-state index in [1.807, 2.05) is 13.0 Å². The maximum absolute atomic E-state index is 5.25. The molecule has 0 aliphatic rings. The van der Waals surface area contributed by atoms with Crippen molar-refractivity contribution in [2.24, 2.45) is 5.84 Å². The highest BCUT2D eigenvalue weighted by molar-refractivity contribution is 7.99. The maximum Gasteiger partial charge on any atom is 0.144 e. The minimum absolute atomic E-state index is 0.638. The summed E-state index contributed by atoms with van der Waals surface area (Å²) in [5.74, 6) is 7.43. The number of aromatic nitrogens is 2. The third kappa shape index (κ3) is 3.04. The summed E-state index contributed by atoms with van der Waals surface area (Å²) in [6.07, 6.45) is 1.83. The number of aryl methyl sites for hydroxylation is 1. The van der Waals surface area contributed by atoms with Crippen molar-refractivity contribution in [2.75, 3.05) is 11.2 Å². The first-order valence-corrected chi connectivity index (χ1v) is 4.81. The third-order valence-corrected chi connectivity index (χ3v) is 2.22. The van der Waals surface area contributed by atoms with Crippen LogP contribution in [0.5, 0.6) is 0 Å². The molecule has 4 nitrogen and oxygen atoms in total. The highest BCUT2D eigenvalue weighted by Crippen LogP contribution is 2.17. The lowest BCUT2D eigenvalue weighted by Gasteiger charge is -2.03. The number of hydrogen-bond donors (Lipinski definition) is 2. The van der Waals surface area contributed by atoms with Crippen molar-refractivity contribution in [2.45, 2.75) is 11.9 Å². The summed E-state index contributed by atoms with van der Waals surface area (Å²) in [5, 5.41) is 0.903. The molecule has 0 unspecified atom stereocenters. The maximum atomic E-state index is 5.25. The van der Waals surface area contributed by atoms with Crippen molar-refractivity contribution in [3.8, 4) is 0 Å². The van der Waals surface area contributed by atoms with E-state index in [-0.39, 0.29) is 0 Å². The second-order valence-corrected chi connectivity index (χ2v) is 3.42. The van der Waals surface area contributed by atoms with Gasteiger partial charge in [0.2, 0.25) is 0 Å². The average molecular weight is 196 g/mol. The van der Waals surface area contributed by atoms with Crippen molar-refractivity contribution >= 4 is 17.6 Å². The number of thioether (sulfide) groups is 1. The van der Waals surface area contributed by atoms with Gasteiger partial charge in [-0.1, -0.05) is 6.08 Å². The van der Waals surface area contributed by atoms with Crippen molar-refractivity contribution in [1.82, 2.24) is 9.97 Å². The van der Waals surface area contributed by atoms with Crippen LogP contribution in [0.4, 0.5) is 5.82 Å². The van der Waals surface area contributed by atoms with E-state index in [1.165, 1.54) is 0 Å². The molecular weight excluding hydrogens is 184 g/mol. The van der Waals surface area contributed by atoms with Crippen molar-refractivity contribution in [1.29, 1.82) is 0 Å². The quantitative estimate of drug-likeness (QED) is 0.250. The van der Waals surface area contributed by atoms with Crippen LogP contribution < -0.4 is 11.3 Å². The van der Waals surface area contributed by atoms with Gasteiger partial charge < -0.3 is 5.43 Å². The molecular formula is C8H12N4S. The summed E-state index contributed by atoms with van der Waals surface area (Å²) in [6, 6.07) is 1.81. The average Bonchev–Trinajstić information content (AvgIpc) is 2.14. The van der Waals surface area contributed by atoms with Crippen molar-refractivity contribution < 1.29 is 0 Å². The largest absolute Gasteiger partial charge is 0.308 e. The van der Waals surface area contributed by atoms with Crippen LogP contribution in [0.3, 0.4) is 0 Å². The number of nitrogens with one attached hydrogen (secondary N) is 1. The Hall–Kier alpha value is -1.07. The van der Waals surface area contributed by atoms with E-state index in [0.29, 0.717) is 11.6 Å². The van der Waals surface area contributed by atoms with Crippen LogP contribution in [0.25, 0.3) is 0 Å². The van der Waals surface area contributed by atoms with Gasteiger partial charge in [-0.05, 0) is 6.92 Å². The van der Waals surface area contributed by atoms with Gasteiger partial charge in [-0.25, -0.2) is 15.8 Å². The Morgan fingerprint density at radius 2 is 2.46 bits per heavy atom. The fraction of sp³-hybridized carbons (Fsp3) is 0.250. The molecule has 13 heavy (non-hydrogen) atoms. The Balaban J connectivity index is 2.81. The molecule has 3 N–H and O–H groups in total. The molecule has 0 saturated heterocycles. The van der Waals surface area contributed by atoms with Crippen molar-refractivity contribution in [3.05, 3.63) is 24.5 Å². The number of hydrazine groups is 1. The molecule has 0 amide bonds. The summed E-state index contributed by atoms with van der Waals surface area (Å²) in [5.41, 5.74) is 2.49. The molecule has 1 aromatic rings. The van der Waals surface area contributed by atoms with E-state index in [4.69, 9.17) is 5.84 Å².